The first-order valence-electron chi connectivity index (χ1n) is 6.57. The zero-order valence-electron chi connectivity index (χ0n) is 11.6. The standard InChI is InChI=1S/C12H19N3O4S/c1-9-3-4-10(2)15(6-9)20(18,19)11-5-13-14(7-11)8-12(16)17/h5,7,9-10H,3-4,6,8H2,1-2H3,(H,16,17). The van der Waals surface area contributed by atoms with Gasteiger partial charge in [-0.15, -0.1) is 0 Å². The normalized spacial score (nSPS) is 24.7. The second kappa shape index (κ2) is 5.53. The van der Waals surface area contributed by atoms with Crippen LogP contribution >= 0.6 is 0 Å². The van der Waals surface area contributed by atoms with Crippen LogP contribution in [0.25, 0.3) is 0 Å². The Morgan fingerprint density at radius 2 is 2.15 bits per heavy atom. The number of rotatable bonds is 4. The van der Waals surface area contributed by atoms with Gasteiger partial charge in [-0.3, -0.25) is 9.48 Å². The van der Waals surface area contributed by atoms with Crippen molar-refractivity contribution in [2.75, 3.05) is 6.54 Å². The molecule has 20 heavy (non-hydrogen) atoms. The summed E-state index contributed by atoms with van der Waals surface area (Å²) < 4.78 is 27.7. The first-order valence-corrected chi connectivity index (χ1v) is 8.01. The number of carbonyl (C=O) groups is 1. The summed E-state index contributed by atoms with van der Waals surface area (Å²) in [5, 5.41) is 12.5. The number of piperidine rings is 1. The van der Waals surface area contributed by atoms with Gasteiger partial charge < -0.3 is 5.11 Å². The van der Waals surface area contributed by atoms with E-state index in [-0.39, 0.29) is 17.5 Å². The van der Waals surface area contributed by atoms with Crippen LogP contribution in [0, 0.1) is 5.92 Å². The van der Waals surface area contributed by atoms with Crippen molar-refractivity contribution < 1.29 is 18.3 Å². The summed E-state index contributed by atoms with van der Waals surface area (Å²) in [6, 6.07) is -0.0426. The molecule has 112 valence electrons. The fraction of sp³-hybridized carbons (Fsp3) is 0.667. The van der Waals surface area contributed by atoms with E-state index >= 15 is 0 Å². The van der Waals surface area contributed by atoms with E-state index in [0.717, 1.165) is 17.5 Å². The molecule has 0 saturated carbocycles. The van der Waals surface area contributed by atoms with Crippen molar-refractivity contribution >= 4 is 16.0 Å². The highest BCUT2D eigenvalue weighted by Gasteiger charge is 2.34. The third-order valence-electron chi connectivity index (χ3n) is 3.57. The molecule has 0 aliphatic carbocycles. The Kier molecular flexibility index (Phi) is 4.14. The van der Waals surface area contributed by atoms with Crippen molar-refractivity contribution in [2.24, 2.45) is 5.92 Å². The predicted octanol–water partition coefficient (Wildman–Crippen LogP) is 0.777. The largest absolute Gasteiger partial charge is 0.480 e. The molecule has 8 heteroatoms. The highest BCUT2D eigenvalue weighted by Crippen LogP contribution is 2.27. The summed E-state index contributed by atoms with van der Waals surface area (Å²) in [4.78, 5) is 10.7. The van der Waals surface area contributed by atoms with Gasteiger partial charge in [-0.05, 0) is 25.7 Å². The van der Waals surface area contributed by atoms with E-state index in [1.165, 1.54) is 16.7 Å². The maximum atomic E-state index is 12.6. The molecule has 1 saturated heterocycles. The van der Waals surface area contributed by atoms with Crippen LogP contribution in [0.15, 0.2) is 17.3 Å². The summed E-state index contributed by atoms with van der Waals surface area (Å²) >= 11 is 0. The van der Waals surface area contributed by atoms with Gasteiger partial charge in [0.1, 0.15) is 11.4 Å². The number of hydrogen-bond donors (Lipinski definition) is 1. The van der Waals surface area contributed by atoms with Gasteiger partial charge in [0, 0.05) is 18.8 Å². The number of sulfonamides is 1. The molecule has 2 heterocycles. The van der Waals surface area contributed by atoms with Gasteiger partial charge in [0.05, 0.1) is 6.20 Å². The fourth-order valence-electron chi connectivity index (χ4n) is 2.42. The average Bonchev–Trinajstić information content (AvgIpc) is 2.80. The zero-order chi connectivity index (χ0) is 14.9. The minimum absolute atomic E-state index is 0.0426. The number of nitrogens with zero attached hydrogens (tertiary/aromatic N) is 3. The molecule has 1 aliphatic rings. The molecule has 1 N–H and O–H groups in total. The maximum Gasteiger partial charge on any atom is 0.325 e. The predicted molar refractivity (Wildman–Crippen MR) is 71.6 cm³/mol. The van der Waals surface area contributed by atoms with Crippen LogP contribution in [0.2, 0.25) is 0 Å². The number of carboxylic acid groups (broad SMARTS) is 1. The molecule has 7 nitrogen and oxygen atoms in total. The number of aromatic nitrogens is 2. The van der Waals surface area contributed by atoms with Gasteiger partial charge in [0.2, 0.25) is 10.0 Å². The average molecular weight is 301 g/mol. The first-order chi connectivity index (χ1) is 9.30. The van der Waals surface area contributed by atoms with Gasteiger partial charge >= 0.3 is 5.97 Å². The topological polar surface area (TPSA) is 92.5 Å². The van der Waals surface area contributed by atoms with Crippen molar-refractivity contribution in [3.05, 3.63) is 12.4 Å². The zero-order valence-corrected chi connectivity index (χ0v) is 12.4. The van der Waals surface area contributed by atoms with E-state index in [1.807, 2.05) is 13.8 Å². The van der Waals surface area contributed by atoms with Gasteiger partial charge in [-0.2, -0.15) is 9.40 Å². The molecule has 2 unspecified atom stereocenters. The summed E-state index contributed by atoms with van der Waals surface area (Å²) in [7, 11) is -3.60. The monoisotopic (exact) mass is 301 g/mol. The van der Waals surface area contributed by atoms with E-state index in [1.54, 1.807) is 0 Å². The SMILES string of the molecule is CC1CCC(C)N(S(=O)(=O)c2cnn(CC(=O)O)c2)C1. The van der Waals surface area contributed by atoms with Gasteiger partial charge in [0.15, 0.2) is 0 Å². The summed E-state index contributed by atoms with van der Waals surface area (Å²) in [5.74, 6) is -0.730. The van der Waals surface area contributed by atoms with Crippen LogP contribution in [-0.2, 0) is 21.4 Å². The Hall–Kier alpha value is -1.41. The van der Waals surface area contributed by atoms with Crippen LogP contribution < -0.4 is 0 Å². The highest BCUT2D eigenvalue weighted by molar-refractivity contribution is 7.89. The summed E-state index contributed by atoms with van der Waals surface area (Å²) in [6.07, 6.45) is 4.34. The summed E-state index contributed by atoms with van der Waals surface area (Å²) in [6.45, 7) is 4.07. The van der Waals surface area contributed by atoms with Crippen molar-refractivity contribution in [3.63, 3.8) is 0 Å². The van der Waals surface area contributed by atoms with E-state index in [9.17, 15) is 13.2 Å². The smallest absolute Gasteiger partial charge is 0.325 e. The molecule has 0 aromatic carbocycles. The Labute approximate surface area is 118 Å². The van der Waals surface area contributed by atoms with E-state index in [4.69, 9.17) is 5.11 Å². The van der Waals surface area contributed by atoms with Crippen LogP contribution in [0.1, 0.15) is 26.7 Å². The molecule has 1 aromatic heterocycles. The van der Waals surface area contributed by atoms with Crippen molar-refractivity contribution in [2.45, 2.75) is 44.2 Å². The van der Waals surface area contributed by atoms with Crippen LogP contribution in [0.4, 0.5) is 0 Å². The van der Waals surface area contributed by atoms with Gasteiger partial charge in [-0.25, -0.2) is 8.42 Å². The molecule has 2 rings (SSSR count). The van der Waals surface area contributed by atoms with E-state index in [0.29, 0.717) is 12.5 Å². The molecule has 1 aliphatic heterocycles. The molecule has 2 atom stereocenters. The maximum absolute atomic E-state index is 12.6. The third kappa shape index (κ3) is 3.01. The fourth-order valence-corrected chi connectivity index (χ4v) is 4.16. The second-order valence-electron chi connectivity index (χ2n) is 5.37. The van der Waals surface area contributed by atoms with Crippen LogP contribution in [0.5, 0.6) is 0 Å². The molecule has 1 fully saturated rings. The number of aliphatic carboxylic acids is 1. The van der Waals surface area contributed by atoms with E-state index in [2.05, 4.69) is 5.10 Å². The summed E-state index contributed by atoms with van der Waals surface area (Å²) in [5.41, 5.74) is 0. The van der Waals surface area contributed by atoms with Gasteiger partial charge in [-0.1, -0.05) is 6.92 Å². The minimum Gasteiger partial charge on any atom is -0.480 e. The molecular weight excluding hydrogens is 282 g/mol. The highest BCUT2D eigenvalue weighted by atomic mass is 32.2. The minimum atomic E-state index is -3.60. The molecule has 1 aromatic rings. The quantitative estimate of drug-likeness (QED) is 0.887. The number of hydrogen-bond acceptors (Lipinski definition) is 4. The van der Waals surface area contributed by atoms with E-state index < -0.39 is 16.0 Å². The first kappa shape index (κ1) is 15.0. The van der Waals surface area contributed by atoms with Crippen molar-refractivity contribution in [1.29, 1.82) is 0 Å². The molecule has 0 spiro atoms. The Balaban J connectivity index is 2.25. The van der Waals surface area contributed by atoms with Crippen molar-refractivity contribution in [3.8, 4) is 0 Å². The lowest BCUT2D eigenvalue weighted by Crippen LogP contribution is -2.44. The lowest BCUT2D eigenvalue weighted by atomic mass is 9.97. The molecule has 0 amide bonds. The Bertz CT molecular complexity index is 596. The molecule has 0 bridgehead atoms. The lowest BCUT2D eigenvalue weighted by molar-refractivity contribution is -0.137. The van der Waals surface area contributed by atoms with Gasteiger partial charge in [0.25, 0.3) is 0 Å². The Morgan fingerprint density at radius 3 is 2.80 bits per heavy atom. The van der Waals surface area contributed by atoms with Crippen LogP contribution in [-0.4, -0.2) is 46.2 Å². The second-order valence-corrected chi connectivity index (χ2v) is 7.26. The third-order valence-corrected chi connectivity index (χ3v) is 5.51. The van der Waals surface area contributed by atoms with Crippen molar-refractivity contribution in [1.82, 2.24) is 14.1 Å². The molecule has 0 radical (unpaired) electrons. The lowest BCUT2D eigenvalue weighted by Gasteiger charge is -2.35. The number of carboxylic acids is 1. The van der Waals surface area contributed by atoms with Crippen LogP contribution in [0.3, 0.4) is 0 Å². The molecular formula is C12H19N3O4S. The Morgan fingerprint density at radius 1 is 1.45 bits per heavy atom.